The van der Waals surface area contributed by atoms with Gasteiger partial charge >= 0.3 is 0 Å². The van der Waals surface area contributed by atoms with Gasteiger partial charge in [0.1, 0.15) is 5.82 Å². The SMILES string of the molecule is CN(c1ncc(N)cc1Br)C1CCOC1. The van der Waals surface area contributed by atoms with Crippen molar-refractivity contribution in [2.24, 2.45) is 0 Å². The second-order valence-corrected chi connectivity index (χ2v) is 4.56. The van der Waals surface area contributed by atoms with Crippen LogP contribution in [0.15, 0.2) is 16.7 Å². The Bertz CT molecular complexity index is 353. The average molecular weight is 272 g/mol. The summed E-state index contributed by atoms with van der Waals surface area (Å²) >= 11 is 3.47. The van der Waals surface area contributed by atoms with E-state index in [1.165, 1.54) is 0 Å². The lowest BCUT2D eigenvalue weighted by Crippen LogP contribution is -2.32. The van der Waals surface area contributed by atoms with Crippen LogP contribution in [0.4, 0.5) is 11.5 Å². The molecule has 2 rings (SSSR count). The number of halogens is 1. The van der Waals surface area contributed by atoms with Crippen molar-refractivity contribution >= 4 is 27.4 Å². The molecule has 0 spiro atoms. The Morgan fingerprint density at radius 3 is 3.07 bits per heavy atom. The average Bonchev–Trinajstić information content (AvgIpc) is 2.69. The molecule has 15 heavy (non-hydrogen) atoms. The van der Waals surface area contributed by atoms with Gasteiger partial charge in [0.25, 0.3) is 0 Å². The van der Waals surface area contributed by atoms with Gasteiger partial charge in [0.2, 0.25) is 0 Å². The van der Waals surface area contributed by atoms with E-state index in [9.17, 15) is 0 Å². The van der Waals surface area contributed by atoms with E-state index in [0.717, 1.165) is 29.9 Å². The summed E-state index contributed by atoms with van der Waals surface area (Å²) < 4.78 is 6.28. The molecule has 0 aliphatic carbocycles. The fourth-order valence-corrected chi connectivity index (χ4v) is 2.35. The predicted molar refractivity (Wildman–Crippen MR) is 64.0 cm³/mol. The van der Waals surface area contributed by atoms with Gasteiger partial charge in [-0.2, -0.15) is 0 Å². The van der Waals surface area contributed by atoms with Gasteiger partial charge in [0.05, 0.1) is 29.0 Å². The number of hydrogen-bond acceptors (Lipinski definition) is 4. The molecule has 1 saturated heterocycles. The summed E-state index contributed by atoms with van der Waals surface area (Å²) in [4.78, 5) is 6.46. The smallest absolute Gasteiger partial charge is 0.143 e. The molecular formula is C10H14BrN3O. The standard InChI is InChI=1S/C10H14BrN3O/c1-14(8-2-3-15-6-8)10-9(11)4-7(12)5-13-10/h4-5,8H,2-3,6,12H2,1H3. The first-order valence-corrected chi connectivity index (χ1v) is 5.69. The molecule has 4 nitrogen and oxygen atoms in total. The third-order valence-electron chi connectivity index (χ3n) is 2.63. The van der Waals surface area contributed by atoms with E-state index in [2.05, 4.69) is 25.8 Å². The molecule has 1 unspecified atom stereocenters. The van der Waals surface area contributed by atoms with Crippen molar-refractivity contribution in [1.29, 1.82) is 0 Å². The van der Waals surface area contributed by atoms with Crippen molar-refractivity contribution in [3.63, 3.8) is 0 Å². The van der Waals surface area contributed by atoms with Gasteiger partial charge in [-0.1, -0.05) is 0 Å². The molecule has 0 amide bonds. The number of anilines is 2. The number of hydrogen-bond donors (Lipinski definition) is 1. The zero-order valence-electron chi connectivity index (χ0n) is 8.61. The second kappa shape index (κ2) is 4.37. The Morgan fingerprint density at radius 2 is 2.47 bits per heavy atom. The van der Waals surface area contributed by atoms with Gasteiger partial charge in [0.15, 0.2) is 0 Å². The molecule has 0 radical (unpaired) electrons. The highest BCUT2D eigenvalue weighted by atomic mass is 79.9. The molecule has 5 heteroatoms. The van der Waals surface area contributed by atoms with Crippen LogP contribution in [0.5, 0.6) is 0 Å². The monoisotopic (exact) mass is 271 g/mol. The number of ether oxygens (including phenoxy) is 1. The van der Waals surface area contributed by atoms with Gasteiger partial charge in [-0.25, -0.2) is 4.98 Å². The van der Waals surface area contributed by atoms with Gasteiger partial charge < -0.3 is 15.4 Å². The quantitative estimate of drug-likeness (QED) is 0.889. The highest BCUT2D eigenvalue weighted by Crippen LogP contribution is 2.27. The van der Waals surface area contributed by atoms with E-state index in [4.69, 9.17) is 10.5 Å². The number of nitrogens with two attached hydrogens (primary N) is 1. The fraction of sp³-hybridized carbons (Fsp3) is 0.500. The van der Waals surface area contributed by atoms with Crippen LogP contribution in [0.1, 0.15) is 6.42 Å². The Morgan fingerprint density at radius 1 is 1.67 bits per heavy atom. The third-order valence-corrected chi connectivity index (χ3v) is 3.21. The molecule has 1 aliphatic rings. The Balaban J connectivity index is 2.20. The summed E-state index contributed by atoms with van der Waals surface area (Å²) in [6, 6.07) is 2.28. The molecule has 1 aromatic rings. The van der Waals surface area contributed by atoms with E-state index in [0.29, 0.717) is 11.7 Å². The summed E-state index contributed by atoms with van der Waals surface area (Å²) in [5.74, 6) is 0.916. The van der Waals surface area contributed by atoms with Crippen LogP contribution in [0.2, 0.25) is 0 Å². The van der Waals surface area contributed by atoms with Crippen molar-refractivity contribution in [3.05, 3.63) is 16.7 Å². The zero-order valence-corrected chi connectivity index (χ0v) is 10.2. The first-order valence-electron chi connectivity index (χ1n) is 4.90. The van der Waals surface area contributed by atoms with Gasteiger partial charge in [-0.3, -0.25) is 0 Å². The number of nitrogens with zero attached hydrogens (tertiary/aromatic N) is 2. The van der Waals surface area contributed by atoms with Gasteiger partial charge in [0, 0.05) is 13.7 Å². The number of nitrogen functional groups attached to an aromatic ring is 1. The summed E-state index contributed by atoms with van der Waals surface area (Å²) in [7, 11) is 2.03. The minimum Gasteiger partial charge on any atom is -0.397 e. The van der Waals surface area contributed by atoms with Crippen LogP contribution in [0.25, 0.3) is 0 Å². The Kier molecular flexibility index (Phi) is 3.11. The molecule has 1 aliphatic heterocycles. The molecule has 1 atom stereocenters. The van der Waals surface area contributed by atoms with Crippen LogP contribution in [0, 0.1) is 0 Å². The van der Waals surface area contributed by atoms with Gasteiger partial charge in [-0.05, 0) is 28.4 Å². The molecule has 2 N–H and O–H groups in total. The normalized spacial score (nSPS) is 20.5. The molecule has 1 aromatic heterocycles. The van der Waals surface area contributed by atoms with Crippen LogP contribution < -0.4 is 10.6 Å². The molecule has 82 valence electrons. The molecule has 0 bridgehead atoms. The number of likely N-dealkylation sites (N-methyl/N-ethyl adjacent to an activating group) is 1. The lowest BCUT2D eigenvalue weighted by Gasteiger charge is -2.25. The molecule has 0 saturated carbocycles. The predicted octanol–water partition coefficient (Wildman–Crippen LogP) is 1.65. The lowest BCUT2D eigenvalue weighted by molar-refractivity contribution is 0.193. The maximum atomic E-state index is 5.65. The van der Waals surface area contributed by atoms with Crippen LogP contribution >= 0.6 is 15.9 Å². The summed E-state index contributed by atoms with van der Waals surface area (Å²) in [6.07, 6.45) is 2.72. The van der Waals surface area contributed by atoms with E-state index >= 15 is 0 Å². The Hall–Kier alpha value is -0.810. The molecule has 0 aromatic carbocycles. The highest BCUT2D eigenvalue weighted by molar-refractivity contribution is 9.10. The summed E-state index contributed by atoms with van der Waals surface area (Å²) in [6.45, 7) is 1.61. The summed E-state index contributed by atoms with van der Waals surface area (Å²) in [5, 5.41) is 0. The van der Waals surface area contributed by atoms with E-state index in [1.54, 1.807) is 6.20 Å². The van der Waals surface area contributed by atoms with E-state index in [-0.39, 0.29) is 0 Å². The topological polar surface area (TPSA) is 51.4 Å². The van der Waals surface area contributed by atoms with E-state index in [1.807, 2.05) is 13.1 Å². The van der Waals surface area contributed by atoms with Crippen LogP contribution in [-0.4, -0.2) is 31.3 Å². The van der Waals surface area contributed by atoms with E-state index < -0.39 is 0 Å². The largest absolute Gasteiger partial charge is 0.397 e. The molecular weight excluding hydrogens is 258 g/mol. The van der Waals surface area contributed by atoms with Crippen molar-refractivity contribution in [1.82, 2.24) is 4.98 Å². The minimum atomic E-state index is 0.414. The van der Waals surface area contributed by atoms with Crippen LogP contribution in [-0.2, 0) is 4.74 Å². The zero-order chi connectivity index (χ0) is 10.8. The first kappa shape index (κ1) is 10.7. The number of rotatable bonds is 2. The Labute approximate surface area is 97.6 Å². The first-order chi connectivity index (χ1) is 7.18. The fourth-order valence-electron chi connectivity index (χ4n) is 1.71. The van der Waals surface area contributed by atoms with Crippen molar-refractivity contribution in [2.75, 3.05) is 30.9 Å². The maximum absolute atomic E-state index is 5.65. The number of pyridine rings is 1. The lowest BCUT2D eigenvalue weighted by atomic mass is 10.2. The van der Waals surface area contributed by atoms with Crippen molar-refractivity contribution in [2.45, 2.75) is 12.5 Å². The minimum absolute atomic E-state index is 0.414. The second-order valence-electron chi connectivity index (χ2n) is 3.70. The summed E-state index contributed by atoms with van der Waals surface area (Å²) in [5.41, 5.74) is 6.31. The van der Waals surface area contributed by atoms with Crippen LogP contribution in [0.3, 0.4) is 0 Å². The molecule has 1 fully saturated rings. The van der Waals surface area contributed by atoms with Crippen molar-refractivity contribution < 1.29 is 4.74 Å². The van der Waals surface area contributed by atoms with Crippen molar-refractivity contribution in [3.8, 4) is 0 Å². The maximum Gasteiger partial charge on any atom is 0.143 e. The van der Waals surface area contributed by atoms with Gasteiger partial charge in [-0.15, -0.1) is 0 Å². The molecule has 2 heterocycles. The third kappa shape index (κ3) is 2.23. The highest BCUT2D eigenvalue weighted by Gasteiger charge is 2.22. The number of aromatic nitrogens is 1.